The van der Waals surface area contributed by atoms with E-state index in [1.807, 2.05) is 12.1 Å². The van der Waals surface area contributed by atoms with E-state index < -0.39 is 0 Å². The number of hydrogen-bond donors (Lipinski definition) is 1. The van der Waals surface area contributed by atoms with Crippen LogP contribution in [0.2, 0.25) is 0 Å². The number of benzene rings is 2. The van der Waals surface area contributed by atoms with Gasteiger partial charge in [-0.15, -0.1) is 6.58 Å². The summed E-state index contributed by atoms with van der Waals surface area (Å²) in [5.74, 6) is 1.08. The van der Waals surface area contributed by atoms with Crippen LogP contribution in [-0.2, 0) is 6.42 Å². The number of aryl methyl sites for hydroxylation is 2. The number of aromatic hydroxyl groups is 1. The minimum absolute atomic E-state index is 0.0918. The fourth-order valence-electron chi connectivity index (χ4n) is 3.04. The van der Waals surface area contributed by atoms with Crippen LogP contribution in [0.3, 0.4) is 0 Å². The molecule has 3 nitrogen and oxygen atoms in total. The van der Waals surface area contributed by atoms with Gasteiger partial charge in [-0.05, 0) is 42.7 Å². The van der Waals surface area contributed by atoms with Gasteiger partial charge in [0.15, 0.2) is 0 Å². The maximum absolute atomic E-state index is 9.72. The third-order valence-corrected chi connectivity index (χ3v) is 4.39. The van der Waals surface area contributed by atoms with E-state index in [0.717, 1.165) is 30.9 Å². The quantitative estimate of drug-likeness (QED) is 0.866. The molecule has 3 heteroatoms. The Hall–Kier alpha value is -2.42. The van der Waals surface area contributed by atoms with Crippen molar-refractivity contribution < 1.29 is 9.84 Å². The highest BCUT2D eigenvalue weighted by molar-refractivity contribution is 5.63. The Balaban J connectivity index is 1.83. The SMILES string of the molecule is C=CCN1CC(Cc2ccc(C)c(C)c2)Oc2ccc(O)cc21. The highest BCUT2D eigenvalue weighted by Crippen LogP contribution is 2.36. The first-order valence-corrected chi connectivity index (χ1v) is 7.98. The van der Waals surface area contributed by atoms with Crippen LogP contribution in [0.4, 0.5) is 5.69 Å². The highest BCUT2D eigenvalue weighted by Gasteiger charge is 2.25. The summed E-state index contributed by atoms with van der Waals surface area (Å²) in [6.45, 7) is 9.63. The molecular weight excluding hydrogens is 286 g/mol. The maximum Gasteiger partial charge on any atom is 0.143 e. The van der Waals surface area contributed by atoms with Crippen LogP contribution in [0, 0.1) is 13.8 Å². The second-order valence-corrected chi connectivity index (χ2v) is 6.21. The largest absolute Gasteiger partial charge is 0.508 e. The van der Waals surface area contributed by atoms with Crippen molar-refractivity contribution >= 4 is 5.69 Å². The molecule has 0 saturated carbocycles. The van der Waals surface area contributed by atoms with Gasteiger partial charge in [0.25, 0.3) is 0 Å². The maximum atomic E-state index is 9.72. The van der Waals surface area contributed by atoms with Crippen molar-refractivity contribution in [3.63, 3.8) is 0 Å². The number of rotatable bonds is 4. The summed E-state index contributed by atoms with van der Waals surface area (Å²) in [7, 11) is 0. The van der Waals surface area contributed by atoms with E-state index in [1.54, 1.807) is 12.1 Å². The molecule has 1 atom stereocenters. The zero-order valence-electron chi connectivity index (χ0n) is 13.7. The first kappa shape index (κ1) is 15.5. The van der Waals surface area contributed by atoms with Gasteiger partial charge < -0.3 is 14.7 Å². The lowest BCUT2D eigenvalue weighted by Gasteiger charge is -2.36. The third-order valence-electron chi connectivity index (χ3n) is 4.39. The van der Waals surface area contributed by atoms with Crippen LogP contribution in [0.1, 0.15) is 16.7 Å². The second kappa shape index (κ2) is 6.37. The van der Waals surface area contributed by atoms with Crippen molar-refractivity contribution in [3.05, 3.63) is 65.7 Å². The second-order valence-electron chi connectivity index (χ2n) is 6.21. The number of nitrogens with zero attached hydrogens (tertiary/aromatic N) is 1. The van der Waals surface area contributed by atoms with Gasteiger partial charge in [-0.2, -0.15) is 0 Å². The Morgan fingerprint density at radius 2 is 2.04 bits per heavy atom. The van der Waals surface area contributed by atoms with Crippen molar-refractivity contribution in [1.82, 2.24) is 0 Å². The van der Waals surface area contributed by atoms with Crippen LogP contribution in [0.15, 0.2) is 49.1 Å². The van der Waals surface area contributed by atoms with Crippen molar-refractivity contribution in [2.24, 2.45) is 0 Å². The Morgan fingerprint density at radius 3 is 2.78 bits per heavy atom. The predicted molar refractivity (Wildman–Crippen MR) is 94.6 cm³/mol. The number of fused-ring (bicyclic) bond motifs is 1. The predicted octanol–water partition coefficient (Wildman–Crippen LogP) is 4.01. The van der Waals surface area contributed by atoms with E-state index in [-0.39, 0.29) is 11.9 Å². The molecule has 0 fully saturated rings. The van der Waals surface area contributed by atoms with Gasteiger partial charge in [0.2, 0.25) is 0 Å². The molecule has 1 aliphatic heterocycles. The summed E-state index contributed by atoms with van der Waals surface area (Å²) < 4.78 is 6.15. The molecule has 23 heavy (non-hydrogen) atoms. The van der Waals surface area contributed by atoms with E-state index in [4.69, 9.17) is 4.74 Å². The molecule has 1 unspecified atom stereocenters. The molecular formula is C20H23NO2. The number of phenols is 1. The molecule has 120 valence electrons. The standard InChI is InChI=1S/C20H23NO2/c1-4-9-21-13-18(11-16-6-5-14(2)15(3)10-16)23-20-8-7-17(22)12-19(20)21/h4-8,10,12,18,22H,1,9,11,13H2,2-3H3. The monoisotopic (exact) mass is 309 g/mol. The minimum atomic E-state index is 0.0918. The summed E-state index contributed by atoms with van der Waals surface area (Å²) >= 11 is 0. The molecule has 1 N–H and O–H groups in total. The van der Waals surface area contributed by atoms with Crippen LogP contribution < -0.4 is 9.64 Å². The minimum Gasteiger partial charge on any atom is -0.508 e. The Morgan fingerprint density at radius 1 is 1.22 bits per heavy atom. The van der Waals surface area contributed by atoms with Gasteiger partial charge in [-0.3, -0.25) is 0 Å². The molecule has 1 heterocycles. The van der Waals surface area contributed by atoms with Crippen LogP contribution in [-0.4, -0.2) is 24.3 Å². The average Bonchev–Trinajstić information content (AvgIpc) is 2.52. The highest BCUT2D eigenvalue weighted by atomic mass is 16.5. The normalized spacial score (nSPS) is 16.6. The van der Waals surface area contributed by atoms with Crippen molar-refractivity contribution in [1.29, 1.82) is 0 Å². The molecule has 2 aromatic carbocycles. The molecule has 3 rings (SSSR count). The first-order chi connectivity index (χ1) is 11.1. The Bertz CT molecular complexity index is 724. The van der Waals surface area contributed by atoms with E-state index in [2.05, 4.69) is 43.5 Å². The summed E-state index contributed by atoms with van der Waals surface area (Å²) in [4.78, 5) is 2.21. The van der Waals surface area contributed by atoms with Crippen LogP contribution >= 0.6 is 0 Å². The number of anilines is 1. The molecule has 1 aliphatic rings. The van der Waals surface area contributed by atoms with Gasteiger partial charge in [-0.1, -0.05) is 24.3 Å². The van der Waals surface area contributed by atoms with Crippen molar-refractivity contribution in [2.75, 3.05) is 18.0 Å². The number of phenolic OH excluding ortho intramolecular Hbond substituents is 1. The molecule has 0 radical (unpaired) electrons. The fourth-order valence-corrected chi connectivity index (χ4v) is 3.04. The molecule has 0 spiro atoms. The average molecular weight is 309 g/mol. The van der Waals surface area contributed by atoms with Gasteiger partial charge >= 0.3 is 0 Å². The summed E-state index contributed by atoms with van der Waals surface area (Å²) in [6, 6.07) is 11.8. The van der Waals surface area contributed by atoms with Crippen LogP contribution in [0.5, 0.6) is 11.5 Å². The Labute approximate surface area is 137 Å². The summed E-state index contributed by atoms with van der Waals surface area (Å²) in [5.41, 5.74) is 4.85. The first-order valence-electron chi connectivity index (χ1n) is 7.98. The van der Waals surface area contributed by atoms with Crippen molar-refractivity contribution in [3.8, 4) is 11.5 Å². The van der Waals surface area contributed by atoms with E-state index >= 15 is 0 Å². The Kier molecular flexibility index (Phi) is 4.28. The molecule has 0 bridgehead atoms. The van der Waals surface area contributed by atoms with E-state index in [9.17, 15) is 5.11 Å². The lowest BCUT2D eigenvalue weighted by atomic mass is 10.0. The smallest absolute Gasteiger partial charge is 0.143 e. The molecule has 0 aromatic heterocycles. The van der Waals surface area contributed by atoms with E-state index in [0.29, 0.717) is 0 Å². The lowest BCUT2D eigenvalue weighted by molar-refractivity contribution is 0.194. The van der Waals surface area contributed by atoms with Crippen molar-refractivity contribution in [2.45, 2.75) is 26.4 Å². The molecule has 0 amide bonds. The van der Waals surface area contributed by atoms with Gasteiger partial charge in [0, 0.05) is 19.0 Å². The molecule has 2 aromatic rings. The van der Waals surface area contributed by atoms with Crippen LogP contribution in [0.25, 0.3) is 0 Å². The lowest BCUT2D eigenvalue weighted by Crippen LogP contribution is -2.41. The van der Waals surface area contributed by atoms with Gasteiger partial charge in [0.1, 0.15) is 17.6 Å². The van der Waals surface area contributed by atoms with E-state index in [1.165, 1.54) is 16.7 Å². The molecule has 0 aliphatic carbocycles. The number of ether oxygens (including phenoxy) is 1. The summed E-state index contributed by atoms with van der Waals surface area (Å²) in [6.07, 6.45) is 2.84. The zero-order chi connectivity index (χ0) is 16.4. The fraction of sp³-hybridized carbons (Fsp3) is 0.300. The van der Waals surface area contributed by atoms with Gasteiger partial charge in [-0.25, -0.2) is 0 Å². The van der Waals surface area contributed by atoms with Gasteiger partial charge in [0.05, 0.1) is 12.2 Å². The summed E-state index contributed by atoms with van der Waals surface area (Å²) in [5, 5.41) is 9.72. The zero-order valence-corrected chi connectivity index (χ0v) is 13.7. The number of hydrogen-bond acceptors (Lipinski definition) is 3. The molecule has 0 saturated heterocycles. The topological polar surface area (TPSA) is 32.7 Å². The third kappa shape index (κ3) is 3.34.